The first-order valence-corrected chi connectivity index (χ1v) is 12.5. The van der Waals surface area contributed by atoms with E-state index in [0.717, 1.165) is 54.5 Å². The van der Waals surface area contributed by atoms with Crippen LogP contribution in [-0.4, -0.2) is 62.3 Å². The van der Waals surface area contributed by atoms with Gasteiger partial charge >= 0.3 is 0 Å². The number of rotatable bonds is 8. The molecule has 5 rings (SSSR count). The monoisotopic (exact) mass is 476 g/mol. The highest BCUT2D eigenvalue weighted by atomic mass is 16.5. The van der Waals surface area contributed by atoms with Crippen molar-refractivity contribution in [2.45, 2.75) is 58.2 Å². The summed E-state index contributed by atoms with van der Waals surface area (Å²) in [6, 6.07) is 11.2. The smallest absolute Gasteiger partial charge is 0.180 e. The average molecular weight is 477 g/mol. The van der Waals surface area contributed by atoms with Crippen molar-refractivity contribution < 1.29 is 9.84 Å². The Kier molecular flexibility index (Phi) is 6.53. The summed E-state index contributed by atoms with van der Waals surface area (Å²) in [5.74, 6) is 0.456. The first kappa shape index (κ1) is 23.8. The summed E-state index contributed by atoms with van der Waals surface area (Å²) >= 11 is 0. The van der Waals surface area contributed by atoms with E-state index < -0.39 is 0 Å². The van der Waals surface area contributed by atoms with Crippen LogP contribution in [-0.2, 0) is 11.3 Å². The standard InChI is InChI=1S/C27H36N6O2/c1-27(2,14-34)15-35-20-7-5-19(6-8-20)33(3)13-17-4-9-22-18(10-17)11-23(31-22)21-12-24(28)32-26-25(21)29-16-30-26/h4,9-12,16,19-20,31,34H,5-8,13-15H2,1-3H3,(H3,28,29,30,32). The van der Waals surface area contributed by atoms with Crippen molar-refractivity contribution in [1.29, 1.82) is 0 Å². The molecule has 0 amide bonds. The highest BCUT2D eigenvalue weighted by molar-refractivity contribution is 5.95. The summed E-state index contributed by atoms with van der Waals surface area (Å²) in [4.78, 5) is 17.7. The molecule has 0 bridgehead atoms. The van der Waals surface area contributed by atoms with E-state index in [-0.39, 0.29) is 12.0 Å². The van der Waals surface area contributed by atoms with Gasteiger partial charge in [0.05, 0.1) is 31.2 Å². The van der Waals surface area contributed by atoms with Gasteiger partial charge in [0.25, 0.3) is 0 Å². The number of aliphatic hydroxyl groups is 1. The van der Waals surface area contributed by atoms with Gasteiger partial charge in [0.15, 0.2) is 5.65 Å². The molecule has 35 heavy (non-hydrogen) atoms. The number of aromatic amines is 2. The topological polar surface area (TPSA) is 116 Å². The van der Waals surface area contributed by atoms with Crippen molar-refractivity contribution in [3.05, 3.63) is 42.2 Å². The molecular formula is C27H36N6O2. The van der Waals surface area contributed by atoms with Gasteiger partial charge < -0.3 is 25.5 Å². The van der Waals surface area contributed by atoms with Crippen LogP contribution < -0.4 is 5.73 Å². The molecule has 3 heterocycles. The number of fused-ring (bicyclic) bond motifs is 2. The fraction of sp³-hybridized carbons (Fsp3) is 0.481. The Balaban J connectivity index is 1.24. The molecule has 1 aliphatic carbocycles. The number of hydrogen-bond acceptors (Lipinski definition) is 6. The summed E-state index contributed by atoms with van der Waals surface area (Å²) < 4.78 is 6.10. The van der Waals surface area contributed by atoms with Gasteiger partial charge in [0.2, 0.25) is 0 Å². The van der Waals surface area contributed by atoms with Crippen molar-refractivity contribution in [2.75, 3.05) is 26.0 Å². The van der Waals surface area contributed by atoms with Crippen LogP contribution in [0.1, 0.15) is 45.1 Å². The Labute approximate surface area is 205 Å². The number of nitrogens with one attached hydrogen (secondary N) is 2. The molecule has 1 saturated carbocycles. The number of nitrogens with two attached hydrogens (primary N) is 1. The number of nitrogens with zero attached hydrogens (tertiary/aromatic N) is 3. The minimum absolute atomic E-state index is 0.155. The predicted octanol–water partition coefficient (Wildman–Crippen LogP) is 4.47. The molecule has 1 aromatic carbocycles. The van der Waals surface area contributed by atoms with Crippen LogP contribution in [0.2, 0.25) is 0 Å². The lowest BCUT2D eigenvalue weighted by Crippen LogP contribution is -2.37. The van der Waals surface area contributed by atoms with E-state index in [9.17, 15) is 5.11 Å². The number of imidazole rings is 1. The molecule has 0 spiro atoms. The van der Waals surface area contributed by atoms with Gasteiger partial charge in [-0.3, -0.25) is 4.90 Å². The molecule has 0 unspecified atom stereocenters. The number of anilines is 1. The molecule has 0 radical (unpaired) electrons. The van der Waals surface area contributed by atoms with Gasteiger partial charge in [-0.15, -0.1) is 0 Å². The van der Waals surface area contributed by atoms with E-state index in [1.54, 1.807) is 6.33 Å². The Morgan fingerprint density at radius 3 is 2.74 bits per heavy atom. The Morgan fingerprint density at radius 2 is 1.97 bits per heavy atom. The summed E-state index contributed by atoms with van der Waals surface area (Å²) in [5, 5.41) is 10.6. The van der Waals surface area contributed by atoms with Crippen LogP contribution in [0, 0.1) is 5.41 Å². The third kappa shape index (κ3) is 5.19. The second-order valence-corrected chi connectivity index (χ2v) is 10.8. The second-order valence-electron chi connectivity index (χ2n) is 10.8. The maximum Gasteiger partial charge on any atom is 0.180 e. The lowest BCUT2D eigenvalue weighted by Gasteiger charge is -2.35. The van der Waals surface area contributed by atoms with Gasteiger partial charge in [-0.2, -0.15) is 0 Å². The normalized spacial score (nSPS) is 19.2. The van der Waals surface area contributed by atoms with Gasteiger partial charge in [-0.25, -0.2) is 9.97 Å². The number of aliphatic hydroxyl groups excluding tert-OH is 1. The number of benzene rings is 1. The average Bonchev–Trinajstić information content (AvgIpc) is 3.49. The Morgan fingerprint density at radius 1 is 1.17 bits per heavy atom. The van der Waals surface area contributed by atoms with Crippen molar-refractivity contribution >= 4 is 27.9 Å². The second kappa shape index (κ2) is 9.60. The maximum atomic E-state index is 9.45. The molecule has 4 aromatic rings. The van der Waals surface area contributed by atoms with Gasteiger partial charge in [-0.1, -0.05) is 19.9 Å². The zero-order chi connectivity index (χ0) is 24.6. The highest BCUT2D eigenvalue weighted by Gasteiger charge is 2.26. The van der Waals surface area contributed by atoms with Crippen molar-refractivity contribution in [2.24, 2.45) is 5.41 Å². The Hall–Kier alpha value is -2.94. The minimum atomic E-state index is -0.168. The highest BCUT2D eigenvalue weighted by Crippen LogP contribution is 2.31. The SMILES string of the molecule is CN(Cc1ccc2[nH]c(-c3cc(N)nc4nc[nH]c34)cc2c1)C1CCC(OCC(C)(C)CO)CC1. The first-order chi connectivity index (χ1) is 16.8. The summed E-state index contributed by atoms with van der Waals surface area (Å²) in [6.07, 6.45) is 6.39. The molecule has 5 N–H and O–H groups in total. The fourth-order valence-electron chi connectivity index (χ4n) is 5.04. The molecule has 8 heteroatoms. The molecule has 8 nitrogen and oxygen atoms in total. The summed E-state index contributed by atoms with van der Waals surface area (Å²) in [5.41, 5.74) is 11.7. The van der Waals surface area contributed by atoms with Crippen LogP contribution >= 0.6 is 0 Å². The largest absolute Gasteiger partial charge is 0.396 e. The number of nitrogen functional groups attached to an aromatic ring is 1. The lowest BCUT2D eigenvalue weighted by atomic mass is 9.91. The van der Waals surface area contributed by atoms with Crippen molar-refractivity contribution in [3.63, 3.8) is 0 Å². The number of pyridine rings is 1. The summed E-state index contributed by atoms with van der Waals surface area (Å²) in [7, 11) is 2.22. The number of H-pyrrole nitrogens is 2. The lowest BCUT2D eigenvalue weighted by molar-refractivity contribution is -0.0400. The first-order valence-electron chi connectivity index (χ1n) is 12.5. The molecule has 0 atom stereocenters. The third-order valence-corrected chi connectivity index (χ3v) is 7.23. The fourth-order valence-corrected chi connectivity index (χ4v) is 5.04. The van der Waals surface area contributed by atoms with Crippen molar-refractivity contribution in [1.82, 2.24) is 24.8 Å². The van der Waals surface area contributed by atoms with E-state index in [2.05, 4.69) is 56.1 Å². The zero-order valence-corrected chi connectivity index (χ0v) is 20.8. The molecule has 3 aromatic heterocycles. The summed E-state index contributed by atoms with van der Waals surface area (Å²) in [6.45, 7) is 5.77. The van der Waals surface area contributed by atoms with E-state index in [0.29, 0.717) is 30.2 Å². The van der Waals surface area contributed by atoms with Gasteiger partial charge in [-0.05, 0) is 62.6 Å². The van der Waals surface area contributed by atoms with Crippen LogP contribution in [0.4, 0.5) is 5.82 Å². The van der Waals surface area contributed by atoms with Crippen LogP contribution in [0.15, 0.2) is 36.7 Å². The minimum Gasteiger partial charge on any atom is -0.396 e. The quantitative estimate of drug-likeness (QED) is 0.298. The van der Waals surface area contributed by atoms with E-state index in [1.165, 1.54) is 10.9 Å². The predicted molar refractivity (Wildman–Crippen MR) is 140 cm³/mol. The molecular weight excluding hydrogens is 440 g/mol. The Bertz CT molecular complexity index is 1300. The zero-order valence-electron chi connectivity index (χ0n) is 20.8. The molecule has 186 valence electrons. The van der Waals surface area contributed by atoms with Crippen LogP contribution in [0.3, 0.4) is 0 Å². The van der Waals surface area contributed by atoms with E-state index >= 15 is 0 Å². The molecule has 0 aliphatic heterocycles. The van der Waals surface area contributed by atoms with Crippen molar-refractivity contribution in [3.8, 4) is 11.3 Å². The third-order valence-electron chi connectivity index (χ3n) is 7.23. The molecule has 1 aliphatic rings. The van der Waals surface area contributed by atoms with Gasteiger partial charge in [0, 0.05) is 40.2 Å². The van der Waals surface area contributed by atoms with Crippen LogP contribution in [0.25, 0.3) is 33.3 Å². The molecule has 1 fully saturated rings. The van der Waals surface area contributed by atoms with E-state index in [1.807, 2.05) is 19.9 Å². The number of ether oxygens (including phenoxy) is 1. The van der Waals surface area contributed by atoms with E-state index in [4.69, 9.17) is 10.5 Å². The number of aromatic nitrogens is 4. The molecule has 0 saturated heterocycles. The van der Waals surface area contributed by atoms with Crippen LogP contribution in [0.5, 0.6) is 0 Å². The number of hydrogen-bond donors (Lipinski definition) is 4. The maximum absolute atomic E-state index is 9.45. The van der Waals surface area contributed by atoms with Gasteiger partial charge in [0.1, 0.15) is 5.82 Å².